The van der Waals surface area contributed by atoms with Crippen molar-refractivity contribution in [3.63, 3.8) is 0 Å². The summed E-state index contributed by atoms with van der Waals surface area (Å²) in [5, 5.41) is 0. The van der Waals surface area contributed by atoms with Crippen LogP contribution in [0.2, 0.25) is 0 Å². The molecule has 0 bridgehead atoms. The standard InChI is InChI=1S/C10H13N/c1-2-3-4-6-10-7-5-8-11-9-10/h2-3,5,7-9H,4,6H2,1H3/b3-2-. The lowest BCUT2D eigenvalue weighted by Crippen LogP contribution is -1.82. The molecule has 0 aliphatic heterocycles. The number of rotatable bonds is 3. The van der Waals surface area contributed by atoms with E-state index in [9.17, 15) is 0 Å². The minimum absolute atomic E-state index is 1.10. The quantitative estimate of drug-likeness (QED) is 0.599. The van der Waals surface area contributed by atoms with Crippen LogP contribution < -0.4 is 0 Å². The Morgan fingerprint density at radius 3 is 3.09 bits per heavy atom. The zero-order valence-electron chi connectivity index (χ0n) is 6.83. The van der Waals surface area contributed by atoms with Crippen molar-refractivity contribution in [3.8, 4) is 0 Å². The van der Waals surface area contributed by atoms with Crippen LogP contribution in [0.25, 0.3) is 0 Å². The maximum absolute atomic E-state index is 4.04. The molecule has 1 rings (SSSR count). The van der Waals surface area contributed by atoms with Crippen LogP contribution in [0.4, 0.5) is 0 Å². The highest BCUT2D eigenvalue weighted by atomic mass is 14.6. The van der Waals surface area contributed by atoms with Crippen LogP contribution in [-0.4, -0.2) is 4.98 Å². The van der Waals surface area contributed by atoms with E-state index in [4.69, 9.17) is 0 Å². The van der Waals surface area contributed by atoms with E-state index in [0.717, 1.165) is 12.8 Å². The molecule has 0 saturated carbocycles. The Kier molecular flexibility index (Phi) is 3.39. The highest BCUT2D eigenvalue weighted by Gasteiger charge is 1.87. The van der Waals surface area contributed by atoms with Gasteiger partial charge in [0.2, 0.25) is 0 Å². The van der Waals surface area contributed by atoms with Crippen LogP contribution in [0.3, 0.4) is 0 Å². The van der Waals surface area contributed by atoms with Crippen LogP contribution in [0.15, 0.2) is 36.7 Å². The number of pyridine rings is 1. The Bertz CT molecular complexity index is 214. The summed E-state index contributed by atoms with van der Waals surface area (Å²) >= 11 is 0. The Morgan fingerprint density at radius 1 is 1.55 bits per heavy atom. The first-order valence-corrected chi connectivity index (χ1v) is 3.93. The first-order valence-electron chi connectivity index (χ1n) is 3.93. The maximum atomic E-state index is 4.04. The van der Waals surface area contributed by atoms with Gasteiger partial charge in [-0.3, -0.25) is 4.98 Å². The second-order valence-corrected chi connectivity index (χ2v) is 2.47. The van der Waals surface area contributed by atoms with Gasteiger partial charge < -0.3 is 0 Å². The van der Waals surface area contributed by atoms with E-state index in [-0.39, 0.29) is 0 Å². The number of nitrogens with zero attached hydrogens (tertiary/aromatic N) is 1. The molecule has 0 N–H and O–H groups in total. The minimum Gasteiger partial charge on any atom is -0.264 e. The molecule has 11 heavy (non-hydrogen) atoms. The van der Waals surface area contributed by atoms with Gasteiger partial charge in [-0.15, -0.1) is 0 Å². The molecule has 0 amide bonds. The fraction of sp³-hybridized carbons (Fsp3) is 0.300. The molecule has 0 saturated heterocycles. The van der Waals surface area contributed by atoms with E-state index in [1.807, 2.05) is 19.2 Å². The van der Waals surface area contributed by atoms with Crippen LogP contribution in [0.1, 0.15) is 18.9 Å². The average Bonchev–Trinajstić information content (AvgIpc) is 2.07. The summed E-state index contributed by atoms with van der Waals surface area (Å²) in [5.41, 5.74) is 1.31. The number of hydrogen-bond donors (Lipinski definition) is 0. The largest absolute Gasteiger partial charge is 0.264 e. The predicted octanol–water partition coefficient (Wildman–Crippen LogP) is 2.59. The fourth-order valence-corrected chi connectivity index (χ4v) is 0.963. The highest BCUT2D eigenvalue weighted by Crippen LogP contribution is 2.00. The molecule has 1 aromatic heterocycles. The third kappa shape index (κ3) is 2.99. The lowest BCUT2D eigenvalue weighted by molar-refractivity contribution is 0.986. The van der Waals surface area contributed by atoms with Crippen molar-refractivity contribution in [2.24, 2.45) is 0 Å². The Labute approximate surface area is 67.8 Å². The van der Waals surface area contributed by atoms with E-state index in [2.05, 4.69) is 23.2 Å². The van der Waals surface area contributed by atoms with Crippen LogP contribution in [0, 0.1) is 0 Å². The van der Waals surface area contributed by atoms with Crippen LogP contribution in [0.5, 0.6) is 0 Å². The summed E-state index contributed by atoms with van der Waals surface area (Å²) in [4.78, 5) is 4.04. The summed E-state index contributed by atoms with van der Waals surface area (Å²) in [6.45, 7) is 2.04. The van der Waals surface area contributed by atoms with Crippen molar-refractivity contribution < 1.29 is 0 Å². The van der Waals surface area contributed by atoms with Crippen molar-refractivity contribution in [1.29, 1.82) is 0 Å². The number of aromatic nitrogens is 1. The summed E-state index contributed by atoms with van der Waals surface area (Å²) in [6.07, 6.45) is 10.2. The smallest absolute Gasteiger partial charge is 0.0299 e. The second-order valence-electron chi connectivity index (χ2n) is 2.47. The van der Waals surface area contributed by atoms with Crippen LogP contribution >= 0.6 is 0 Å². The molecule has 0 unspecified atom stereocenters. The minimum atomic E-state index is 1.10. The SMILES string of the molecule is C/C=C\CCc1cccnc1. The van der Waals surface area contributed by atoms with E-state index < -0.39 is 0 Å². The van der Waals surface area contributed by atoms with E-state index in [1.165, 1.54) is 5.56 Å². The molecule has 0 aliphatic rings. The van der Waals surface area contributed by atoms with Gasteiger partial charge in [0.05, 0.1) is 0 Å². The predicted molar refractivity (Wildman–Crippen MR) is 47.4 cm³/mol. The molecule has 0 aromatic carbocycles. The molecule has 0 radical (unpaired) electrons. The molecular formula is C10H13N. The van der Waals surface area contributed by atoms with Crippen LogP contribution in [-0.2, 0) is 6.42 Å². The topological polar surface area (TPSA) is 12.9 Å². The van der Waals surface area contributed by atoms with E-state index in [0.29, 0.717) is 0 Å². The molecule has 0 aliphatic carbocycles. The molecule has 1 heterocycles. The Morgan fingerprint density at radius 2 is 2.45 bits per heavy atom. The summed E-state index contributed by atoms with van der Waals surface area (Å²) in [5.74, 6) is 0. The molecule has 1 heteroatoms. The molecular weight excluding hydrogens is 134 g/mol. The number of hydrogen-bond acceptors (Lipinski definition) is 1. The molecule has 1 aromatic rings. The normalized spacial score (nSPS) is 10.6. The first-order chi connectivity index (χ1) is 5.43. The molecule has 0 spiro atoms. The van der Waals surface area contributed by atoms with Crippen molar-refractivity contribution in [2.75, 3.05) is 0 Å². The summed E-state index contributed by atoms with van der Waals surface area (Å²) < 4.78 is 0. The van der Waals surface area contributed by atoms with Gasteiger partial charge in [-0.2, -0.15) is 0 Å². The third-order valence-corrected chi connectivity index (χ3v) is 1.56. The van der Waals surface area contributed by atoms with E-state index >= 15 is 0 Å². The zero-order chi connectivity index (χ0) is 7.94. The van der Waals surface area contributed by atoms with Gasteiger partial charge in [0.15, 0.2) is 0 Å². The lowest BCUT2D eigenvalue weighted by atomic mass is 10.1. The average molecular weight is 147 g/mol. The van der Waals surface area contributed by atoms with E-state index in [1.54, 1.807) is 6.20 Å². The summed E-state index contributed by atoms with van der Waals surface area (Å²) in [7, 11) is 0. The third-order valence-electron chi connectivity index (χ3n) is 1.56. The first kappa shape index (κ1) is 7.99. The van der Waals surface area contributed by atoms with Crippen molar-refractivity contribution in [2.45, 2.75) is 19.8 Å². The second kappa shape index (κ2) is 4.67. The lowest BCUT2D eigenvalue weighted by Gasteiger charge is -1.94. The monoisotopic (exact) mass is 147 g/mol. The zero-order valence-corrected chi connectivity index (χ0v) is 6.83. The van der Waals surface area contributed by atoms with Gasteiger partial charge in [-0.25, -0.2) is 0 Å². The molecule has 0 fully saturated rings. The highest BCUT2D eigenvalue weighted by molar-refractivity contribution is 5.09. The van der Waals surface area contributed by atoms with Gasteiger partial charge in [0, 0.05) is 12.4 Å². The number of aryl methyl sites for hydroxylation is 1. The van der Waals surface area contributed by atoms with Crippen molar-refractivity contribution >= 4 is 0 Å². The maximum Gasteiger partial charge on any atom is 0.0299 e. The van der Waals surface area contributed by atoms with Gasteiger partial charge in [-0.1, -0.05) is 18.2 Å². The van der Waals surface area contributed by atoms with Crippen molar-refractivity contribution in [1.82, 2.24) is 4.98 Å². The molecule has 1 nitrogen and oxygen atoms in total. The van der Waals surface area contributed by atoms with Gasteiger partial charge in [0.1, 0.15) is 0 Å². The fourth-order valence-electron chi connectivity index (χ4n) is 0.963. The van der Waals surface area contributed by atoms with Gasteiger partial charge in [0.25, 0.3) is 0 Å². The van der Waals surface area contributed by atoms with Crippen molar-refractivity contribution in [3.05, 3.63) is 42.2 Å². The molecule has 58 valence electrons. The summed E-state index contributed by atoms with van der Waals surface area (Å²) in [6, 6.07) is 4.08. The van der Waals surface area contributed by atoms with Gasteiger partial charge in [-0.05, 0) is 31.4 Å². The molecule has 0 atom stereocenters. The van der Waals surface area contributed by atoms with Gasteiger partial charge >= 0.3 is 0 Å². The number of allylic oxidation sites excluding steroid dienone is 2. The Balaban J connectivity index is 2.39. The Hall–Kier alpha value is -1.11.